The van der Waals surface area contributed by atoms with Gasteiger partial charge in [-0.05, 0) is 59.2 Å². The molecule has 0 spiro atoms. The van der Waals surface area contributed by atoms with Gasteiger partial charge in [0.2, 0.25) is 0 Å². The van der Waals surface area contributed by atoms with Gasteiger partial charge in [-0.25, -0.2) is 4.79 Å². The van der Waals surface area contributed by atoms with Crippen LogP contribution in [0, 0.1) is 5.41 Å². The van der Waals surface area contributed by atoms with Crippen LogP contribution in [-0.4, -0.2) is 30.1 Å². The van der Waals surface area contributed by atoms with Crippen LogP contribution in [0.4, 0.5) is 13.2 Å². The Bertz CT molecular complexity index is 1250. The molecule has 0 aromatic heterocycles. The maximum atomic E-state index is 13.2. The number of fused-ring (bicyclic) bond motifs is 1. The fourth-order valence-electron chi connectivity index (χ4n) is 3.73. The van der Waals surface area contributed by atoms with E-state index >= 15 is 0 Å². The summed E-state index contributed by atoms with van der Waals surface area (Å²) in [4.78, 5) is 25.0. The normalized spacial score (nSPS) is 12.8. The van der Waals surface area contributed by atoms with E-state index in [2.05, 4.69) is 5.32 Å². The van der Waals surface area contributed by atoms with Crippen LogP contribution in [0.1, 0.15) is 48.7 Å². The number of nitrogens with one attached hydrogen (secondary N) is 1. The SMILES string of the molecule is COc1ccc2c(OCc3ccc(C(F)(F)F)cc3)c(C(=O)N[C@@H](CC(C)(C)C)C(=O)O)ccc2c1. The topological polar surface area (TPSA) is 84.9 Å². The van der Waals surface area contributed by atoms with Gasteiger partial charge in [0.05, 0.1) is 18.2 Å². The van der Waals surface area contributed by atoms with Gasteiger partial charge in [0.15, 0.2) is 0 Å². The van der Waals surface area contributed by atoms with E-state index in [9.17, 15) is 27.9 Å². The molecule has 0 heterocycles. The van der Waals surface area contributed by atoms with Crippen molar-refractivity contribution in [2.75, 3.05) is 7.11 Å². The van der Waals surface area contributed by atoms with Crippen LogP contribution in [0.5, 0.6) is 11.5 Å². The average molecular weight is 504 g/mol. The summed E-state index contributed by atoms with van der Waals surface area (Å²) in [5.41, 5.74) is -0.545. The molecular weight excluding hydrogens is 475 g/mol. The Morgan fingerprint density at radius 1 is 1.00 bits per heavy atom. The smallest absolute Gasteiger partial charge is 0.416 e. The maximum Gasteiger partial charge on any atom is 0.416 e. The van der Waals surface area contributed by atoms with Crippen LogP contribution >= 0.6 is 0 Å². The Hall–Kier alpha value is -3.75. The van der Waals surface area contributed by atoms with Gasteiger partial charge in [0.1, 0.15) is 24.1 Å². The summed E-state index contributed by atoms with van der Waals surface area (Å²) in [6.07, 6.45) is -4.24. The van der Waals surface area contributed by atoms with Crippen LogP contribution in [0.2, 0.25) is 0 Å². The Kier molecular flexibility index (Phi) is 7.81. The Morgan fingerprint density at radius 3 is 2.22 bits per heavy atom. The van der Waals surface area contributed by atoms with Crippen molar-refractivity contribution in [3.63, 3.8) is 0 Å². The molecule has 2 N–H and O–H groups in total. The van der Waals surface area contributed by atoms with Gasteiger partial charge in [-0.2, -0.15) is 13.2 Å². The predicted molar refractivity (Wildman–Crippen MR) is 129 cm³/mol. The van der Waals surface area contributed by atoms with Gasteiger partial charge in [-0.15, -0.1) is 0 Å². The molecule has 6 nitrogen and oxygen atoms in total. The molecule has 9 heteroatoms. The highest BCUT2D eigenvalue weighted by molar-refractivity contribution is 6.05. The van der Waals surface area contributed by atoms with Gasteiger partial charge in [-0.3, -0.25) is 4.79 Å². The van der Waals surface area contributed by atoms with Crippen LogP contribution < -0.4 is 14.8 Å². The molecular formula is C27H28F3NO5. The molecule has 0 saturated heterocycles. The van der Waals surface area contributed by atoms with Crippen molar-refractivity contribution >= 4 is 22.6 Å². The van der Waals surface area contributed by atoms with Crippen LogP contribution in [0.25, 0.3) is 10.8 Å². The van der Waals surface area contributed by atoms with E-state index in [1.807, 2.05) is 20.8 Å². The highest BCUT2D eigenvalue weighted by Gasteiger charge is 2.30. The molecule has 1 amide bonds. The van der Waals surface area contributed by atoms with Crippen molar-refractivity contribution < 1.29 is 37.3 Å². The van der Waals surface area contributed by atoms with Crippen LogP contribution in [0.15, 0.2) is 54.6 Å². The summed E-state index contributed by atoms with van der Waals surface area (Å²) in [5, 5.41) is 13.5. The van der Waals surface area contributed by atoms with E-state index in [4.69, 9.17) is 9.47 Å². The summed E-state index contributed by atoms with van der Waals surface area (Å²) >= 11 is 0. The quantitative estimate of drug-likeness (QED) is 0.390. The molecule has 36 heavy (non-hydrogen) atoms. The van der Waals surface area contributed by atoms with Gasteiger partial charge < -0.3 is 19.9 Å². The van der Waals surface area contributed by atoms with Crippen molar-refractivity contribution in [2.24, 2.45) is 5.41 Å². The molecule has 0 aliphatic heterocycles. The van der Waals surface area contributed by atoms with E-state index in [1.54, 1.807) is 24.3 Å². The number of hydrogen-bond donors (Lipinski definition) is 2. The van der Waals surface area contributed by atoms with Gasteiger partial charge >= 0.3 is 12.1 Å². The summed E-state index contributed by atoms with van der Waals surface area (Å²) in [5.74, 6) is -1.01. The molecule has 0 aliphatic carbocycles. The fourth-order valence-corrected chi connectivity index (χ4v) is 3.73. The monoisotopic (exact) mass is 503 g/mol. The second-order valence-corrected chi connectivity index (χ2v) is 9.64. The van der Waals surface area contributed by atoms with Crippen LogP contribution in [-0.2, 0) is 17.6 Å². The number of carboxylic acid groups (broad SMARTS) is 1. The first-order valence-electron chi connectivity index (χ1n) is 11.2. The Labute approximate surface area is 207 Å². The van der Waals surface area contributed by atoms with E-state index in [0.717, 1.165) is 12.1 Å². The first-order chi connectivity index (χ1) is 16.8. The lowest BCUT2D eigenvalue weighted by Gasteiger charge is -2.24. The number of carbonyl (C=O) groups excluding carboxylic acids is 1. The number of methoxy groups -OCH3 is 1. The van der Waals surface area contributed by atoms with Crippen LogP contribution in [0.3, 0.4) is 0 Å². The Morgan fingerprint density at radius 2 is 1.67 bits per heavy atom. The minimum absolute atomic E-state index is 0.103. The van der Waals surface area contributed by atoms with Crippen molar-refractivity contribution in [2.45, 2.75) is 46.0 Å². The minimum Gasteiger partial charge on any atom is -0.497 e. The fraction of sp³-hybridized carbons (Fsp3) is 0.333. The molecule has 3 aromatic rings. The summed E-state index contributed by atoms with van der Waals surface area (Å²) in [6.45, 7) is 5.51. The predicted octanol–water partition coefficient (Wildman–Crippen LogP) is 6.07. The molecule has 3 rings (SSSR count). The first kappa shape index (κ1) is 26.8. The minimum atomic E-state index is -4.45. The third kappa shape index (κ3) is 6.68. The molecule has 1 atom stereocenters. The third-order valence-electron chi connectivity index (χ3n) is 5.51. The molecule has 0 unspecified atom stereocenters. The zero-order valence-electron chi connectivity index (χ0n) is 20.4. The van der Waals surface area contributed by atoms with E-state index in [0.29, 0.717) is 22.1 Å². The lowest BCUT2D eigenvalue weighted by molar-refractivity contribution is -0.140. The second-order valence-electron chi connectivity index (χ2n) is 9.64. The second kappa shape index (κ2) is 10.5. The van der Waals surface area contributed by atoms with Gasteiger partial charge in [0.25, 0.3) is 5.91 Å². The molecule has 0 radical (unpaired) electrons. The van der Waals surface area contributed by atoms with E-state index in [1.165, 1.54) is 25.3 Å². The van der Waals surface area contributed by atoms with Crippen molar-refractivity contribution in [1.82, 2.24) is 5.32 Å². The molecule has 192 valence electrons. The average Bonchev–Trinajstić information content (AvgIpc) is 2.80. The number of carbonyl (C=O) groups is 2. The zero-order chi connectivity index (χ0) is 26.7. The molecule has 0 aliphatic rings. The molecule has 0 saturated carbocycles. The maximum absolute atomic E-state index is 13.2. The number of alkyl halides is 3. The lowest BCUT2D eigenvalue weighted by Crippen LogP contribution is -2.43. The number of halogens is 3. The summed E-state index contributed by atoms with van der Waals surface area (Å²) in [6, 6.07) is 11.8. The highest BCUT2D eigenvalue weighted by Crippen LogP contribution is 2.34. The number of carboxylic acids is 1. The van der Waals surface area contributed by atoms with Gasteiger partial charge in [0, 0.05) is 5.39 Å². The number of aliphatic carboxylic acids is 1. The van der Waals surface area contributed by atoms with Crippen molar-refractivity contribution in [3.05, 3.63) is 71.3 Å². The van der Waals surface area contributed by atoms with Crippen molar-refractivity contribution in [1.29, 1.82) is 0 Å². The van der Waals surface area contributed by atoms with E-state index < -0.39 is 29.7 Å². The lowest BCUT2D eigenvalue weighted by atomic mass is 9.88. The zero-order valence-corrected chi connectivity index (χ0v) is 20.4. The highest BCUT2D eigenvalue weighted by atomic mass is 19.4. The van der Waals surface area contributed by atoms with Crippen molar-refractivity contribution in [3.8, 4) is 11.5 Å². The number of amides is 1. The molecule has 0 bridgehead atoms. The number of rotatable bonds is 8. The van der Waals surface area contributed by atoms with E-state index in [-0.39, 0.29) is 29.8 Å². The summed E-state index contributed by atoms with van der Waals surface area (Å²) < 4.78 is 49.9. The molecule has 3 aromatic carbocycles. The molecule has 0 fully saturated rings. The Balaban J connectivity index is 1.96. The number of hydrogen-bond acceptors (Lipinski definition) is 4. The third-order valence-corrected chi connectivity index (χ3v) is 5.51. The number of benzene rings is 3. The summed E-state index contributed by atoms with van der Waals surface area (Å²) in [7, 11) is 1.52. The first-order valence-corrected chi connectivity index (χ1v) is 11.2. The number of ether oxygens (including phenoxy) is 2. The standard InChI is InChI=1S/C27H28F3NO5/c1-26(2,3)14-22(25(33)34)31-24(32)21-11-7-17-13-19(35-4)10-12-20(17)23(21)36-15-16-5-8-18(9-6-16)27(28,29)30/h5-13,22H,14-15H2,1-4H3,(H,31,32)(H,33,34)/t22-/m0/s1. The largest absolute Gasteiger partial charge is 0.497 e. The van der Waals surface area contributed by atoms with Gasteiger partial charge in [-0.1, -0.05) is 39.0 Å².